The lowest BCUT2D eigenvalue weighted by Crippen LogP contribution is -2.31. The van der Waals surface area contributed by atoms with Crippen molar-refractivity contribution in [1.82, 2.24) is 0 Å². The minimum atomic E-state index is 0.0513. The molecule has 1 aromatic carbocycles. The Morgan fingerprint density at radius 1 is 0.941 bits per heavy atom. The van der Waals surface area contributed by atoms with Gasteiger partial charge in [0, 0.05) is 17.2 Å². The third-order valence-corrected chi connectivity index (χ3v) is 2.90. The predicted molar refractivity (Wildman–Crippen MR) is 72.0 cm³/mol. The summed E-state index contributed by atoms with van der Waals surface area (Å²) in [6, 6.07) is 0.553. The van der Waals surface area contributed by atoms with Crippen molar-refractivity contribution < 1.29 is 11.4 Å². The molecule has 88 valence electrons. The summed E-state index contributed by atoms with van der Waals surface area (Å²) in [6.07, 6.45) is 0.293. The average Bonchev–Trinajstić information content (AvgIpc) is 2.50. The van der Waals surface area contributed by atoms with Gasteiger partial charge in [-0.05, 0) is 44.9 Å². The van der Waals surface area contributed by atoms with E-state index in [1.165, 1.54) is 0 Å². The smallest absolute Gasteiger partial charge is 0.201 e. The first kappa shape index (κ1) is 6.95. The maximum Gasteiger partial charge on any atom is 0.212 e. The van der Waals surface area contributed by atoms with Gasteiger partial charge in [0.15, 0.2) is 6.17 Å². The fourth-order valence-corrected chi connectivity index (χ4v) is 1.78. The minimum absolute atomic E-state index is 0.0513. The summed E-state index contributed by atoms with van der Waals surface area (Å²) in [5.74, 6) is 0. The van der Waals surface area contributed by atoms with Crippen molar-refractivity contribution in [2.75, 3.05) is 0 Å². The normalized spacial score (nSPS) is 14.8. The van der Waals surface area contributed by atoms with E-state index in [4.69, 9.17) is 6.85 Å². The van der Waals surface area contributed by atoms with E-state index in [2.05, 4.69) is 0 Å². The minimum Gasteiger partial charge on any atom is -0.201 e. The van der Waals surface area contributed by atoms with Gasteiger partial charge in [-0.25, -0.2) is 4.57 Å². The highest BCUT2D eigenvalue weighted by Gasteiger charge is 2.14. The van der Waals surface area contributed by atoms with Gasteiger partial charge in [0.2, 0.25) is 5.69 Å². The number of hydrogen-bond acceptors (Lipinski definition) is 0. The topological polar surface area (TPSA) is 3.88 Å². The molecule has 0 amide bonds. The zero-order chi connectivity index (χ0) is 16.9. The molecule has 0 saturated heterocycles. The molecule has 0 bridgehead atoms. The Morgan fingerprint density at radius 2 is 1.65 bits per heavy atom. The van der Waals surface area contributed by atoms with Crippen LogP contribution < -0.4 is 4.57 Å². The zero-order valence-electron chi connectivity index (χ0n) is 15.9. The molecule has 2 rings (SSSR count). The highest BCUT2D eigenvalue weighted by molar-refractivity contribution is 5.62. The Labute approximate surface area is 111 Å². The third kappa shape index (κ3) is 2.23. The number of rotatable bonds is 1. The number of pyridine rings is 1. The van der Waals surface area contributed by atoms with Gasteiger partial charge in [0.25, 0.3) is 0 Å². The second-order valence-electron chi connectivity index (χ2n) is 4.39. The molecule has 0 unspecified atom stereocenters. The van der Waals surface area contributed by atoms with E-state index in [1.807, 2.05) is 6.92 Å². The molecule has 0 aliphatic rings. The van der Waals surface area contributed by atoms with Gasteiger partial charge >= 0.3 is 0 Å². The molecule has 0 saturated carbocycles. The van der Waals surface area contributed by atoms with E-state index in [-0.39, 0.29) is 24.2 Å². The quantitative estimate of drug-likeness (QED) is 0.662. The van der Waals surface area contributed by atoms with Gasteiger partial charge in [0.1, 0.15) is 8.42 Å². The summed E-state index contributed by atoms with van der Waals surface area (Å²) < 4.78 is 42.5. The van der Waals surface area contributed by atoms with Crippen LogP contribution >= 0.6 is 0 Å². The van der Waals surface area contributed by atoms with Gasteiger partial charge in [-0.3, -0.25) is 0 Å². The number of nitrogens with zero attached hydrogens (tertiary/aromatic N) is 1. The first-order valence-electron chi connectivity index (χ1n) is 8.14. The number of aromatic nitrogens is 1. The predicted octanol–water partition coefficient (Wildman–Crippen LogP) is 3.41. The van der Waals surface area contributed by atoms with Crippen molar-refractivity contribution >= 4 is 0 Å². The molecule has 0 radical (unpaired) electrons. The summed E-state index contributed by atoms with van der Waals surface area (Å²) in [6.45, 7) is 6.96. The standard InChI is InChI=1S/C16H20N/c1-11-6-7-12(2)15(8-11)16-9-13(3)14(4)10-17(16)5/h6-10H,1-5H3/q+1/i6D,7D,8D,9D,10D. The summed E-state index contributed by atoms with van der Waals surface area (Å²) in [5, 5.41) is 0. The van der Waals surface area contributed by atoms with Crippen molar-refractivity contribution in [3.05, 3.63) is 52.6 Å². The fourth-order valence-electron chi connectivity index (χ4n) is 1.78. The average molecular weight is 231 g/mol. The second kappa shape index (κ2) is 4.33. The molecule has 0 fully saturated rings. The van der Waals surface area contributed by atoms with Crippen molar-refractivity contribution in [3.63, 3.8) is 0 Å². The Bertz CT molecular complexity index is 671. The van der Waals surface area contributed by atoms with Gasteiger partial charge < -0.3 is 0 Å². The van der Waals surface area contributed by atoms with Crippen LogP contribution in [0.3, 0.4) is 0 Å². The Hall–Kier alpha value is -1.63. The first-order valence-corrected chi connectivity index (χ1v) is 5.64. The van der Waals surface area contributed by atoms with Crippen LogP contribution in [-0.4, -0.2) is 0 Å². The largest absolute Gasteiger partial charge is 0.212 e. The molecular formula is C16H20N+. The fraction of sp³-hybridized carbons (Fsp3) is 0.312. The van der Waals surface area contributed by atoms with Crippen LogP contribution in [0.15, 0.2) is 30.3 Å². The molecule has 0 atom stereocenters. The van der Waals surface area contributed by atoms with Crippen LogP contribution in [0.5, 0.6) is 0 Å². The van der Waals surface area contributed by atoms with Gasteiger partial charge in [-0.1, -0.05) is 17.6 Å². The van der Waals surface area contributed by atoms with Crippen LogP contribution in [0.2, 0.25) is 0 Å². The molecule has 0 aliphatic heterocycles. The molecule has 1 heterocycles. The van der Waals surface area contributed by atoms with Crippen LogP contribution in [0.4, 0.5) is 0 Å². The van der Waals surface area contributed by atoms with E-state index in [9.17, 15) is 0 Å². The Morgan fingerprint density at radius 3 is 2.35 bits per heavy atom. The second-order valence-corrected chi connectivity index (χ2v) is 4.39. The van der Waals surface area contributed by atoms with Crippen LogP contribution in [0.25, 0.3) is 11.3 Å². The molecule has 17 heavy (non-hydrogen) atoms. The van der Waals surface area contributed by atoms with E-state index in [0.29, 0.717) is 34.1 Å². The molecule has 0 N–H and O–H groups in total. The summed E-state index contributed by atoms with van der Waals surface area (Å²) in [5.41, 5.74) is 3.31. The molecule has 0 aliphatic carbocycles. The molecule has 1 nitrogen and oxygen atoms in total. The van der Waals surface area contributed by atoms with Crippen molar-refractivity contribution in [2.45, 2.75) is 27.7 Å². The molecule has 2 aromatic rings. The highest BCUT2D eigenvalue weighted by atomic mass is 14.9. The van der Waals surface area contributed by atoms with Gasteiger partial charge in [-0.15, -0.1) is 0 Å². The number of hydrogen-bond donors (Lipinski definition) is 0. The monoisotopic (exact) mass is 231 g/mol. The van der Waals surface area contributed by atoms with Crippen molar-refractivity contribution in [2.24, 2.45) is 7.05 Å². The maximum absolute atomic E-state index is 8.40. The van der Waals surface area contributed by atoms with Crippen LogP contribution in [-0.2, 0) is 7.05 Å². The highest BCUT2D eigenvalue weighted by Crippen LogP contribution is 2.23. The summed E-state index contributed by atoms with van der Waals surface area (Å²) in [4.78, 5) is 0. The lowest BCUT2D eigenvalue weighted by atomic mass is 10.00. The van der Waals surface area contributed by atoms with Gasteiger partial charge in [0.05, 0.1) is 5.48 Å². The third-order valence-electron chi connectivity index (χ3n) is 2.90. The van der Waals surface area contributed by atoms with E-state index in [1.54, 1.807) is 32.4 Å². The van der Waals surface area contributed by atoms with E-state index in [0.717, 1.165) is 5.56 Å². The Kier molecular flexibility index (Phi) is 1.77. The molecule has 0 spiro atoms. The molecule has 1 aromatic heterocycles. The van der Waals surface area contributed by atoms with Crippen molar-refractivity contribution in [1.29, 1.82) is 0 Å². The first-order chi connectivity index (χ1) is 10.1. The van der Waals surface area contributed by atoms with Gasteiger partial charge in [-0.2, -0.15) is 0 Å². The maximum atomic E-state index is 8.40. The summed E-state index contributed by atoms with van der Waals surface area (Å²) >= 11 is 0. The van der Waals surface area contributed by atoms with Crippen LogP contribution in [0, 0.1) is 27.7 Å². The van der Waals surface area contributed by atoms with E-state index >= 15 is 0 Å². The summed E-state index contributed by atoms with van der Waals surface area (Å²) in [7, 11) is 1.70. The lowest BCUT2D eigenvalue weighted by molar-refractivity contribution is -0.660. The lowest BCUT2D eigenvalue weighted by Gasteiger charge is -2.07. The number of benzene rings is 1. The van der Waals surface area contributed by atoms with E-state index < -0.39 is 0 Å². The van der Waals surface area contributed by atoms with Crippen molar-refractivity contribution in [3.8, 4) is 11.3 Å². The van der Waals surface area contributed by atoms with Crippen LogP contribution in [0.1, 0.15) is 29.1 Å². The molecule has 1 heteroatoms. The Balaban J connectivity index is 3.03. The molecular weight excluding hydrogens is 206 g/mol. The SMILES string of the molecule is [2H]c1c([2H])c(C)c(-c2c([2H])c(C)c(C)c([2H])[n+]2C)c([2H])c1C. The zero-order valence-corrected chi connectivity index (χ0v) is 10.9.